The molecule has 1 amide bonds. The van der Waals surface area contributed by atoms with Gasteiger partial charge in [0.2, 0.25) is 5.91 Å². The molecule has 0 spiro atoms. The summed E-state index contributed by atoms with van der Waals surface area (Å²) in [7, 11) is 4.91. The molecule has 2 aromatic heterocycles. The maximum absolute atomic E-state index is 12.7. The molecule has 3 heterocycles. The van der Waals surface area contributed by atoms with Gasteiger partial charge in [-0.3, -0.25) is 18.7 Å². The lowest BCUT2D eigenvalue weighted by Crippen LogP contribution is -2.39. The maximum Gasteiger partial charge on any atom is 0.332 e. The zero-order valence-corrected chi connectivity index (χ0v) is 20.8. The van der Waals surface area contributed by atoms with Gasteiger partial charge in [-0.25, -0.2) is 19.6 Å². The zero-order chi connectivity index (χ0) is 24.5. The number of nitrogens with zero attached hydrogens (tertiary/aromatic N) is 5. The van der Waals surface area contributed by atoms with E-state index in [1.165, 1.54) is 16.2 Å². The lowest BCUT2D eigenvalue weighted by Gasteiger charge is -2.24. The number of carbonyl (C=O) groups excluding carboxylic acids is 1. The molecule has 0 aromatic carbocycles. The van der Waals surface area contributed by atoms with Crippen LogP contribution >= 0.6 is 0 Å². The van der Waals surface area contributed by atoms with Gasteiger partial charge in [-0.15, -0.1) is 0 Å². The van der Waals surface area contributed by atoms with Crippen LogP contribution in [0.1, 0.15) is 70.6 Å². The smallest absolute Gasteiger partial charge is 0.332 e. The fraction of sp³-hybridized carbons (Fsp3) is 0.750. The van der Waals surface area contributed by atoms with Gasteiger partial charge >= 0.3 is 5.69 Å². The highest BCUT2D eigenvalue weighted by atomic mass is 17.2. The first-order chi connectivity index (χ1) is 16.5. The van der Waals surface area contributed by atoms with E-state index in [1.54, 1.807) is 25.0 Å². The summed E-state index contributed by atoms with van der Waals surface area (Å²) in [5, 5.41) is 0. The summed E-state index contributed by atoms with van der Waals surface area (Å²) in [5.41, 5.74) is 0.316. The van der Waals surface area contributed by atoms with Gasteiger partial charge in [-0.2, -0.15) is 0 Å². The molecule has 0 aliphatic carbocycles. The number of carbonyl (C=O) groups is 1. The molecule has 1 atom stereocenters. The molecule has 0 radical (unpaired) electrons. The molecular formula is C24H39N5O5. The number of hydrogen-bond acceptors (Lipinski definition) is 6. The van der Waals surface area contributed by atoms with Gasteiger partial charge in [-0.05, 0) is 25.7 Å². The number of unbranched alkanes of at least 4 members (excludes halogenated alkanes) is 7. The predicted octanol–water partition coefficient (Wildman–Crippen LogP) is 2.51. The summed E-state index contributed by atoms with van der Waals surface area (Å²) in [6.07, 6.45) is 12.4. The van der Waals surface area contributed by atoms with Crippen molar-refractivity contribution in [3.8, 4) is 0 Å². The van der Waals surface area contributed by atoms with E-state index >= 15 is 0 Å². The Kier molecular flexibility index (Phi) is 9.88. The average molecular weight is 478 g/mol. The fourth-order valence-corrected chi connectivity index (χ4v) is 4.83. The minimum atomic E-state index is -0.308. The number of aryl methyl sites for hydroxylation is 2. The second kappa shape index (κ2) is 12.9. The van der Waals surface area contributed by atoms with E-state index in [9.17, 15) is 14.4 Å². The summed E-state index contributed by atoms with van der Waals surface area (Å²) in [6, 6.07) is 0.148. The summed E-state index contributed by atoms with van der Waals surface area (Å²) >= 11 is 0. The van der Waals surface area contributed by atoms with E-state index in [0.717, 1.165) is 70.8 Å². The third-order valence-electron chi connectivity index (χ3n) is 6.80. The van der Waals surface area contributed by atoms with Crippen molar-refractivity contribution in [1.82, 2.24) is 23.6 Å². The number of hydrogen-bond donors (Lipinski definition) is 0. The molecule has 1 aliphatic heterocycles. The normalized spacial score (nSPS) is 16.1. The highest BCUT2D eigenvalue weighted by Crippen LogP contribution is 2.20. The Hall–Kier alpha value is -2.46. The van der Waals surface area contributed by atoms with Crippen LogP contribution in [0.2, 0.25) is 0 Å². The number of imidazole rings is 1. The summed E-state index contributed by atoms with van der Waals surface area (Å²) in [4.78, 5) is 53.5. The quantitative estimate of drug-likeness (QED) is 0.235. The average Bonchev–Trinajstić information content (AvgIpc) is 3.46. The first-order valence-electron chi connectivity index (χ1n) is 12.5. The van der Waals surface area contributed by atoms with Crippen molar-refractivity contribution in [3.05, 3.63) is 27.2 Å². The molecule has 0 bridgehead atoms. The Labute approximate surface area is 200 Å². The van der Waals surface area contributed by atoms with Gasteiger partial charge in [0.15, 0.2) is 11.2 Å². The van der Waals surface area contributed by atoms with Crippen molar-refractivity contribution in [2.75, 3.05) is 20.3 Å². The van der Waals surface area contributed by atoms with Crippen LogP contribution in [0.5, 0.6) is 0 Å². The van der Waals surface area contributed by atoms with Crippen molar-refractivity contribution in [2.24, 2.45) is 14.1 Å². The number of amides is 1. The highest BCUT2D eigenvalue weighted by Gasteiger charge is 2.28. The Balaban J connectivity index is 1.28. The minimum absolute atomic E-state index is 0.148. The Morgan fingerprint density at radius 2 is 1.74 bits per heavy atom. The van der Waals surface area contributed by atoms with Gasteiger partial charge in [0.25, 0.3) is 5.56 Å². The predicted molar refractivity (Wildman–Crippen MR) is 129 cm³/mol. The molecule has 1 aliphatic rings. The van der Waals surface area contributed by atoms with Crippen molar-refractivity contribution >= 4 is 17.1 Å². The Morgan fingerprint density at radius 1 is 1.06 bits per heavy atom. The molecule has 10 heteroatoms. The van der Waals surface area contributed by atoms with Crippen LogP contribution in [0.3, 0.4) is 0 Å². The zero-order valence-electron chi connectivity index (χ0n) is 20.8. The van der Waals surface area contributed by atoms with Gasteiger partial charge < -0.3 is 9.47 Å². The third kappa shape index (κ3) is 6.35. The van der Waals surface area contributed by atoms with Gasteiger partial charge in [0.1, 0.15) is 6.61 Å². The fourth-order valence-electron chi connectivity index (χ4n) is 4.83. The molecule has 34 heavy (non-hydrogen) atoms. The number of fused-ring (bicyclic) bond motifs is 1. The van der Waals surface area contributed by atoms with Crippen LogP contribution in [-0.4, -0.2) is 55.8 Å². The molecule has 3 rings (SSSR count). The minimum Gasteiger partial charge on any atom is -0.337 e. The second-order valence-corrected chi connectivity index (χ2v) is 9.24. The number of likely N-dealkylation sites (tertiary alicyclic amines) is 1. The monoisotopic (exact) mass is 477 g/mol. The van der Waals surface area contributed by atoms with Crippen molar-refractivity contribution in [2.45, 2.75) is 83.2 Å². The summed E-state index contributed by atoms with van der Waals surface area (Å²) in [6.45, 7) is 1.70. The Morgan fingerprint density at radius 3 is 2.44 bits per heavy atom. The van der Waals surface area contributed by atoms with Crippen molar-refractivity contribution in [1.29, 1.82) is 0 Å². The molecule has 0 N–H and O–H groups in total. The van der Waals surface area contributed by atoms with Gasteiger partial charge in [0, 0.05) is 33.6 Å². The maximum atomic E-state index is 12.7. The van der Waals surface area contributed by atoms with E-state index in [4.69, 9.17) is 4.89 Å². The first-order valence-corrected chi connectivity index (χ1v) is 12.5. The molecule has 1 saturated heterocycles. The summed E-state index contributed by atoms with van der Waals surface area (Å²) < 4.78 is 4.44. The van der Waals surface area contributed by atoms with Crippen molar-refractivity contribution < 1.29 is 14.6 Å². The Bertz CT molecular complexity index is 1060. The van der Waals surface area contributed by atoms with Crippen LogP contribution in [-0.2, 0) is 35.2 Å². The third-order valence-corrected chi connectivity index (χ3v) is 6.80. The standard InChI is InChI=1S/C24H39N5O5/c1-26-18-25-22-21(26)23(31)29(24(32)27(22)2)15-11-9-7-5-4-6-8-10-14-20(30)28-16-12-13-19(28)17-34-33-3/h18-19H,4-17H2,1-3H3. The lowest BCUT2D eigenvalue weighted by atomic mass is 10.1. The molecule has 10 nitrogen and oxygen atoms in total. The van der Waals surface area contributed by atoms with Crippen LogP contribution < -0.4 is 11.2 Å². The van der Waals surface area contributed by atoms with Crippen LogP contribution in [0.4, 0.5) is 0 Å². The highest BCUT2D eigenvalue weighted by molar-refractivity contribution is 5.76. The van der Waals surface area contributed by atoms with E-state index in [-0.39, 0.29) is 23.2 Å². The molecule has 1 fully saturated rings. The first kappa shape index (κ1) is 26.2. The molecule has 2 aromatic rings. The van der Waals surface area contributed by atoms with Crippen LogP contribution in [0, 0.1) is 0 Å². The topological polar surface area (TPSA) is 101 Å². The molecule has 1 unspecified atom stereocenters. The van der Waals surface area contributed by atoms with Crippen LogP contribution in [0.15, 0.2) is 15.9 Å². The van der Waals surface area contributed by atoms with E-state index in [1.807, 2.05) is 4.90 Å². The molecular weight excluding hydrogens is 438 g/mol. The van der Waals surface area contributed by atoms with E-state index < -0.39 is 0 Å². The van der Waals surface area contributed by atoms with E-state index in [2.05, 4.69) is 9.87 Å². The number of rotatable bonds is 14. The summed E-state index contributed by atoms with van der Waals surface area (Å²) in [5.74, 6) is 0.230. The van der Waals surface area contributed by atoms with Gasteiger partial charge in [0.05, 0.1) is 19.5 Å². The largest absolute Gasteiger partial charge is 0.337 e. The van der Waals surface area contributed by atoms with E-state index in [0.29, 0.717) is 30.7 Å². The SMILES string of the molecule is COOCC1CCCN1C(=O)CCCCCCCCCCn1c(=O)c2c(ncn2C)n(C)c1=O. The molecule has 0 saturated carbocycles. The van der Waals surface area contributed by atoms with Crippen molar-refractivity contribution in [3.63, 3.8) is 0 Å². The van der Waals surface area contributed by atoms with Gasteiger partial charge in [-0.1, -0.05) is 38.5 Å². The second-order valence-electron chi connectivity index (χ2n) is 9.24. The number of aromatic nitrogens is 4. The lowest BCUT2D eigenvalue weighted by molar-refractivity contribution is -0.278. The molecule has 190 valence electrons. The van der Waals surface area contributed by atoms with Crippen LogP contribution in [0.25, 0.3) is 11.2 Å².